The standard InChI is InChI=1S/C18H23N3O2/c1-12-4-3-5-14(8-12)9-17-19-16-6-7-21(10-13(2)22)11-15(16)18(23)20-17/h3-5,8,13,22H,6-7,9-11H2,1-2H3,(H,19,20,23)/p+1/t13-/m0/s1. The fourth-order valence-electron chi connectivity index (χ4n) is 3.31. The zero-order valence-electron chi connectivity index (χ0n) is 13.7. The summed E-state index contributed by atoms with van der Waals surface area (Å²) in [4.78, 5) is 21.3. The van der Waals surface area contributed by atoms with E-state index in [9.17, 15) is 9.90 Å². The van der Waals surface area contributed by atoms with Gasteiger partial charge in [-0.2, -0.15) is 0 Å². The van der Waals surface area contributed by atoms with Crippen LogP contribution in [0.15, 0.2) is 29.1 Å². The van der Waals surface area contributed by atoms with E-state index in [0.29, 0.717) is 19.5 Å². The lowest BCUT2D eigenvalue weighted by molar-refractivity contribution is -0.918. The monoisotopic (exact) mass is 314 g/mol. The molecule has 23 heavy (non-hydrogen) atoms. The van der Waals surface area contributed by atoms with Gasteiger partial charge in [-0.3, -0.25) is 4.79 Å². The Labute approximate surface area is 136 Å². The van der Waals surface area contributed by atoms with Crippen molar-refractivity contribution >= 4 is 0 Å². The van der Waals surface area contributed by atoms with Gasteiger partial charge in [-0.1, -0.05) is 29.8 Å². The van der Waals surface area contributed by atoms with Crippen molar-refractivity contribution < 1.29 is 10.0 Å². The SMILES string of the molecule is Cc1cccc(Cc2nc3c(c(=O)[nH]2)C[NH+](C[C@H](C)O)CC3)c1. The highest BCUT2D eigenvalue weighted by atomic mass is 16.3. The molecule has 2 aromatic rings. The predicted octanol–water partition coefficient (Wildman–Crippen LogP) is -0.00908. The molecule has 1 aromatic carbocycles. The molecule has 2 heterocycles. The van der Waals surface area contributed by atoms with Crippen LogP contribution in [-0.2, 0) is 19.4 Å². The van der Waals surface area contributed by atoms with Gasteiger partial charge >= 0.3 is 0 Å². The molecule has 1 aliphatic heterocycles. The molecule has 0 amide bonds. The number of nitrogens with one attached hydrogen (secondary N) is 2. The summed E-state index contributed by atoms with van der Waals surface area (Å²) in [6, 6.07) is 8.26. The summed E-state index contributed by atoms with van der Waals surface area (Å²) < 4.78 is 0. The molecule has 0 fully saturated rings. The van der Waals surface area contributed by atoms with Gasteiger partial charge in [0.15, 0.2) is 0 Å². The lowest BCUT2D eigenvalue weighted by Crippen LogP contribution is -3.13. The van der Waals surface area contributed by atoms with Crippen molar-refractivity contribution in [3.8, 4) is 0 Å². The van der Waals surface area contributed by atoms with Crippen LogP contribution in [0.1, 0.15) is 35.1 Å². The Kier molecular flexibility index (Phi) is 4.59. The third-order valence-electron chi connectivity index (χ3n) is 4.33. The first-order valence-electron chi connectivity index (χ1n) is 8.19. The van der Waals surface area contributed by atoms with E-state index in [1.54, 1.807) is 6.92 Å². The molecule has 3 rings (SSSR count). The van der Waals surface area contributed by atoms with E-state index in [0.717, 1.165) is 35.6 Å². The Hall–Kier alpha value is -1.98. The topological polar surface area (TPSA) is 70.4 Å². The Bertz CT molecular complexity index is 752. The fraction of sp³-hybridized carbons (Fsp3) is 0.444. The number of nitrogens with zero attached hydrogens (tertiary/aromatic N) is 1. The van der Waals surface area contributed by atoms with E-state index < -0.39 is 0 Å². The fourth-order valence-corrected chi connectivity index (χ4v) is 3.31. The Morgan fingerprint density at radius 2 is 2.26 bits per heavy atom. The number of aromatic amines is 1. The average Bonchev–Trinajstić information content (AvgIpc) is 2.47. The molecule has 5 nitrogen and oxygen atoms in total. The number of rotatable bonds is 4. The second-order valence-electron chi connectivity index (χ2n) is 6.58. The Morgan fingerprint density at radius 3 is 3.00 bits per heavy atom. The Balaban J connectivity index is 1.82. The van der Waals surface area contributed by atoms with Crippen molar-refractivity contribution in [2.75, 3.05) is 13.1 Å². The summed E-state index contributed by atoms with van der Waals surface area (Å²) in [5, 5.41) is 9.53. The third-order valence-corrected chi connectivity index (χ3v) is 4.33. The first kappa shape index (κ1) is 15.9. The van der Waals surface area contributed by atoms with E-state index in [-0.39, 0.29) is 11.7 Å². The number of fused-ring (bicyclic) bond motifs is 1. The molecule has 0 aliphatic carbocycles. The minimum absolute atomic E-state index is 0.0274. The summed E-state index contributed by atoms with van der Waals surface area (Å²) in [6.45, 7) is 6.08. The lowest BCUT2D eigenvalue weighted by Gasteiger charge is -2.25. The van der Waals surface area contributed by atoms with Crippen molar-refractivity contribution in [1.82, 2.24) is 9.97 Å². The van der Waals surface area contributed by atoms with E-state index >= 15 is 0 Å². The minimum atomic E-state index is -0.348. The highest BCUT2D eigenvalue weighted by Gasteiger charge is 2.24. The predicted molar refractivity (Wildman–Crippen MR) is 88.6 cm³/mol. The number of aliphatic hydroxyl groups excluding tert-OH is 1. The van der Waals surface area contributed by atoms with Crippen molar-refractivity contribution in [3.05, 3.63) is 62.8 Å². The zero-order chi connectivity index (χ0) is 16.4. The van der Waals surface area contributed by atoms with Gasteiger partial charge in [-0.15, -0.1) is 0 Å². The normalized spacial score (nSPS) is 18.5. The highest BCUT2D eigenvalue weighted by molar-refractivity contribution is 5.26. The first-order valence-corrected chi connectivity index (χ1v) is 8.19. The largest absolute Gasteiger partial charge is 0.388 e. The van der Waals surface area contributed by atoms with Crippen LogP contribution in [0.4, 0.5) is 0 Å². The van der Waals surface area contributed by atoms with Crippen LogP contribution >= 0.6 is 0 Å². The van der Waals surface area contributed by atoms with Crippen molar-refractivity contribution in [2.24, 2.45) is 0 Å². The van der Waals surface area contributed by atoms with Crippen LogP contribution in [0.25, 0.3) is 0 Å². The number of quaternary nitrogens is 1. The maximum absolute atomic E-state index is 12.4. The first-order chi connectivity index (χ1) is 11.0. The number of aromatic nitrogens is 2. The van der Waals surface area contributed by atoms with Gasteiger partial charge in [-0.25, -0.2) is 4.98 Å². The number of H-pyrrole nitrogens is 1. The summed E-state index contributed by atoms with van der Waals surface area (Å²) >= 11 is 0. The van der Waals surface area contributed by atoms with E-state index in [2.05, 4.69) is 35.1 Å². The molecule has 0 spiro atoms. The maximum atomic E-state index is 12.4. The van der Waals surface area contributed by atoms with Gasteiger partial charge in [0, 0.05) is 12.8 Å². The summed E-state index contributed by atoms with van der Waals surface area (Å²) in [5.74, 6) is 0.735. The van der Waals surface area contributed by atoms with E-state index in [4.69, 9.17) is 0 Å². The smallest absolute Gasteiger partial charge is 0.260 e. The molecule has 0 saturated carbocycles. The molecule has 5 heteroatoms. The van der Waals surface area contributed by atoms with Crippen LogP contribution in [0.2, 0.25) is 0 Å². The lowest BCUT2D eigenvalue weighted by atomic mass is 10.1. The molecular weight excluding hydrogens is 290 g/mol. The molecule has 1 aromatic heterocycles. The van der Waals surface area contributed by atoms with Crippen LogP contribution in [0.3, 0.4) is 0 Å². The third kappa shape index (κ3) is 3.86. The number of aryl methyl sites for hydroxylation is 1. The minimum Gasteiger partial charge on any atom is -0.388 e. The molecule has 1 aliphatic rings. The summed E-state index contributed by atoms with van der Waals surface area (Å²) in [6.07, 6.45) is 1.09. The van der Waals surface area contributed by atoms with Crippen LogP contribution < -0.4 is 10.5 Å². The molecule has 1 unspecified atom stereocenters. The zero-order valence-corrected chi connectivity index (χ0v) is 13.7. The van der Waals surface area contributed by atoms with Crippen molar-refractivity contribution in [1.29, 1.82) is 0 Å². The van der Waals surface area contributed by atoms with Gasteiger partial charge in [0.25, 0.3) is 5.56 Å². The summed E-state index contributed by atoms with van der Waals surface area (Å²) in [7, 11) is 0. The number of hydrogen-bond acceptors (Lipinski definition) is 3. The molecule has 0 bridgehead atoms. The quantitative estimate of drug-likeness (QED) is 0.743. The van der Waals surface area contributed by atoms with Crippen LogP contribution in [0.5, 0.6) is 0 Å². The average molecular weight is 314 g/mol. The molecule has 0 saturated heterocycles. The molecule has 3 N–H and O–H groups in total. The molecule has 2 atom stereocenters. The van der Waals surface area contributed by atoms with Gasteiger partial charge in [0.05, 0.1) is 17.8 Å². The maximum Gasteiger partial charge on any atom is 0.260 e. The molecule has 0 radical (unpaired) electrons. The van der Waals surface area contributed by atoms with E-state index in [1.165, 1.54) is 10.5 Å². The van der Waals surface area contributed by atoms with Gasteiger partial charge in [0.1, 0.15) is 25.0 Å². The highest BCUT2D eigenvalue weighted by Crippen LogP contribution is 2.10. The number of aliphatic hydroxyl groups is 1. The Morgan fingerprint density at radius 1 is 1.43 bits per heavy atom. The molecule has 122 valence electrons. The second kappa shape index (κ2) is 6.64. The number of hydrogen-bond donors (Lipinski definition) is 3. The van der Waals surface area contributed by atoms with Crippen molar-refractivity contribution in [3.63, 3.8) is 0 Å². The van der Waals surface area contributed by atoms with Crippen LogP contribution in [-0.4, -0.2) is 34.3 Å². The van der Waals surface area contributed by atoms with Crippen LogP contribution in [0, 0.1) is 6.92 Å². The van der Waals surface area contributed by atoms with E-state index in [1.807, 2.05) is 6.07 Å². The van der Waals surface area contributed by atoms with Crippen molar-refractivity contribution in [2.45, 2.75) is 39.3 Å². The van der Waals surface area contributed by atoms with Gasteiger partial charge in [0.2, 0.25) is 0 Å². The van der Waals surface area contributed by atoms with Gasteiger partial charge < -0.3 is 15.0 Å². The van der Waals surface area contributed by atoms with Gasteiger partial charge in [-0.05, 0) is 19.4 Å². The molecular formula is C18H24N3O2+. The summed E-state index contributed by atoms with van der Waals surface area (Å²) in [5.41, 5.74) is 4.04. The number of benzene rings is 1. The second-order valence-corrected chi connectivity index (χ2v) is 6.58.